The van der Waals surface area contributed by atoms with Gasteiger partial charge in [0.1, 0.15) is 0 Å². The van der Waals surface area contributed by atoms with Crippen LogP contribution in [0, 0.1) is 0 Å². The molecule has 130 valence electrons. The van der Waals surface area contributed by atoms with Gasteiger partial charge in [-0.1, -0.05) is 37.3 Å². The predicted octanol–water partition coefficient (Wildman–Crippen LogP) is 3.28. The van der Waals surface area contributed by atoms with E-state index in [4.69, 9.17) is 0 Å². The molecular weight excluding hydrogens is 316 g/mol. The fourth-order valence-corrected chi connectivity index (χ4v) is 3.46. The third-order valence-corrected chi connectivity index (χ3v) is 5.22. The number of thiophene rings is 1. The van der Waals surface area contributed by atoms with Crippen molar-refractivity contribution >= 4 is 17.3 Å². The van der Waals surface area contributed by atoms with Crippen LogP contribution in [0.15, 0.2) is 47.5 Å². The minimum Gasteiger partial charge on any atom is -0.354 e. The molecule has 0 aliphatic carbocycles. The number of aliphatic imine (C=N–C) groups is 1. The fraction of sp³-hybridized carbons (Fsp3) is 0.421. The zero-order chi connectivity index (χ0) is 17.4. The summed E-state index contributed by atoms with van der Waals surface area (Å²) < 4.78 is 0. The van der Waals surface area contributed by atoms with Crippen LogP contribution < -0.4 is 10.6 Å². The van der Waals surface area contributed by atoms with Crippen molar-refractivity contribution in [1.82, 2.24) is 15.5 Å². The van der Waals surface area contributed by atoms with Crippen LogP contribution in [0.2, 0.25) is 0 Å². The summed E-state index contributed by atoms with van der Waals surface area (Å²) in [6.07, 6.45) is 1.10. The largest absolute Gasteiger partial charge is 0.354 e. The maximum Gasteiger partial charge on any atom is 0.191 e. The van der Waals surface area contributed by atoms with Crippen LogP contribution in [-0.4, -0.2) is 38.5 Å². The van der Waals surface area contributed by atoms with Gasteiger partial charge in [-0.25, -0.2) is 0 Å². The van der Waals surface area contributed by atoms with Gasteiger partial charge in [-0.2, -0.15) is 0 Å². The minimum atomic E-state index is 0.304. The van der Waals surface area contributed by atoms with Crippen LogP contribution in [-0.2, 0) is 13.0 Å². The molecule has 2 rings (SSSR count). The van der Waals surface area contributed by atoms with E-state index in [9.17, 15) is 0 Å². The second kappa shape index (κ2) is 9.45. The third-order valence-electron chi connectivity index (χ3n) is 3.99. The van der Waals surface area contributed by atoms with Gasteiger partial charge >= 0.3 is 0 Å². The van der Waals surface area contributed by atoms with Gasteiger partial charge in [0, 0.05) is 23.3 Å². The molecule has 1 aromatic heterocycles. The first-order chi connectivity index (χ1) is 11.6. The van der Waals surface area contributed by atoms with Crippen molar-refractivity contribution in [3.05, 3.63) is 57.8 Å². The summed E-state index contributed by atoms with van der Waals surface area (Å²) in [7, 11) is 6.02. The first kappa shape index (κ1) is 18.5. The van der Waals surface area contributed by atoms with Crippen LogP contribution >= 0.6 is 11.3 Å². The molecular formula is C19H28N4S. The minimum absolute atomic E-state index is 0.304. The number of nitrogens with zero attached hydrogens (tertiary/aromatic N) is 2. The molecule has 0 aliphatic rings. The summed E-state index contributed by atoms with van der Waals surface area (Å²) in [5.41, 5.74) is 1.30. The standard InChI is InChI=1S/C19H28N4S/c1-5-16-11-12-17(24-16)13-21-19(20-2)22-14-18(23(3)4)15-9-7-6-8-10-15/h6-12,18H,5,13-14H2,1-4H3,(H2,20,21,22). The number of rotatable bonds is 7. The number of hydrogen-bond acceptors (Lipinski definition) is 3. The number of guanidine groups is 1. The summed E-state index contributed by atoms with van der Waals surface area (Å²) in [4.78, 5) is 9.32. The Morgan fingerprint density at radius 3 is 2.38 bits per heavy atom. The number of nitrogens with one attached hydrogen (secondary N) is 2. The molecule has 5 heteroatoms. The average Bonchev–Trinajstić information content (AvgIpc) is 3.06. The Kier molecular flexibility index (Phi) is 7.28. The van der Waals surface area contributed by atoms with E-state index in [0.717, 1.165) is 25.5 Å². The van der Waals surface area contributed by atoms with Crippen molar-refractivity contribution in [2.24, 2.45) is 4.99 Å². The van der Waals surface area contributed by atoms with E-state index in [0.29, 0.717) is 6.04 Å². The van der Waals surface area contributed by atoms with Gasteiger partial charge in [0.15, 0.2) is 5.96 Å². The molecule has 1 atom stereocenters. The summed E-state index contributed by atoms with van der Waals surface area (Å²) >= 11 is 1.86. The van der Waals surface area contributed by atoms with E-state index in [1.165, 1.54) is 15.3 Å². The highest BCUT2D eigenvalue weighted by Gasteiger charge is 2.14. The monoisotopic (exact) mass is 344 g/mol. The third kappa shape index (κ3) is 5.35. The number of aryl methyl sites for hydroxylation is 1. The smallest absolute Gasteiger partial charge is 0.191 e. The molecule has 0 saturated heterocycles. The molecule has 0 amide bonds. The van der Waals surface area contributed by atoms with Crippen molar-refractivity contribution in [2.75, 3.05) is 27.7 Å². The van der Waals surface area contributed by atoms with Crippen LogP contribution in [0.1, 0.15) is 28.3 Å². The lowest BCUT2D eigenvalue weighted by Gasteiger charge is -2.26. The molecule has 2 aromatic rings. The summed E-state index contributed by atoms with van der Waals surface area (Å²) in [6, 6.07) is 15.3. The van der Waals surface area contributed by atoms with Gasteiger partial charge in [-0.05, 0) is 38.2 Å². The van der Waals surface area contributed by atoms with E-state index in [1.807, 2.05) is 18.4 Å². The Bertz CT molecular complexity index is 634. The Morgan fingerprint density at radius 2 is 1.79 bits per heavy atom. The quantitative estimate of drug-likeness (QED) is 0.598. The lowest BCUT2D eigenvalue weighted by atomic mass is 10.1. The SMILES string of the molecule is CCc1ccc(CNC(=NC)NCC(c2ccccc2)N(C)C)s1. The molecule has 0 bridgehead atoms. The molecule has 0 spiro atoms. The molecule has 0 radical (unpaired) electrons. The number of benzene rings is 1. The maximum atomic E-state index is 4.34. The van der Waals surface area contributed by atoms with Crippen LogP contribution in [0.4, 0.5) is 0 Å². The predicted molar refractivity (Wildman–Crippen MR) is 105 cm³/mol. The number of hydrogen-bond donors (Lipinski definition) is 2. The molecule has 2 N–H and O–H groups in total. The van der Waals surface area contributed by atoms with Gasteiger partial charge < -0.3 is 15.5 Å². The Morgan fingerprint density at radius 1 is 1.08 bits per heavy atom. The Labute approximate surface area is 149 Å². The lowest BCUT2D eigenvalue weighted by Crippen LogP contribution is -2.41. The lowest BCUT2D eigenvalue weighted by molar-refractivity contribution is 0.298. The van der Waals surface area contributed by atoms with E-state index >= 15 is 0 Å². The van der Waals surface area contributed by atoms with E-state index < -0.39 is 0 Å². The summed E-state index contributed by atoms with van der Waals surface area (Å²) in [5, 5.41) is 6.84. The maximum absolute atomic E-state index is 4.34. The second-order valence-electron chi connectivity index (χ2n) is 5.92. The van der Waals surface area contributed by atoms with Crippen LogP contribution in [0.3, 0.4) is 0 Å². The molecule has 1 aromatic carbocycles. The topological polar surface area (TPSA) is 39.7 Å². The van der Waals surface area contributed by atoms with Gasteiger partial charge in [0.2, 0.25) is 0 Å². The Hall–Kier alpha value is -1.85. The van der Waals surface area contributed by atoms with Crippen LogP contribution in [0.5, 0.6) is 0 Å². The highest BCUT2D eigenvalue weighted by Crippen LogP contribution is 2.17. The molecule has 1 heterocycles. The van der Waals surface area contributed by atoms with Gasteiger partial charge in [0.05, 0.1) is 12.6 Å². The molecule has 4 nitrogen and oxygen atoms in total. The summed E-state index contributed by atoms with van der Waals surface area (Å²) in [6.45, 7) is 3.80. The highest BCUT2D eigenvalue weighted by molar-refractivity contribution is 7.11. The zero-order valence-corrected chi connectivity index (χ0v) is 15.9. The van der Waals surface area contributed by atoms with E-state index in [-0.39, 0.29) is 0 Å². The Balaban J connectivity index is 1.89. The molecule has 0 fully saturated rings. The molecule has 1 unspecified atom stereocenters. The van der Waals surface area contributed by atoms with Crippen molar-refractivity contribution in [3.63, 3.8) is 0 Å². The van der Waals surface area contributed by atoms with Gasteiger partial charge in [0.25, 0.3) is 0 Å². The first-order valence-corrected chi connectivity index (χ1v) is 9.19. The van der Waals surface area contributed by atoms with Crippen LogP contribution in [0.25, 0.3) is 0 Å². The van der Waals surface area contributed by atoms with Crippen molar-refractivity contribution in [1.29, 1.82) is 0 Å². The summed E-state index contributed by atoms with van der Waals surface area (Å²) in [5.74, 6) is 0.837. The van der Waals surface area contributed by atoms with Crippen molar-refractivity contribution < 1.29 is 0 Å². The van der Waals surface area contributed by atoms with Gasteiger partial charge in [-0.3, -0.25) is 4.99 Å². The van der Waals surface area contributed by atoms with Crippen molar-refractivity contribution in [3.8, 4) is 0 Å². The number of likely N-dealkylation sites (N-methyl/N-ethyl adjacent to an activating group) is 1. The van der Waals surface area contributed by atoms with E-state index in [2.05, 4.69) is 84.0 Å². The molecule has 24 heavy (non-hydrogen) atoms. The van der Waals surface area contributed by atoms with Crippen molar-refractivity contribution in [2.45, 2.75) is 25.9 Å². The fourth-order valence-electron chi connectivity index (χ4n) is 2.57. The normalized spacial score (nSPS) is 13.1. The van der Waals surface area contributed by atoms with E-state index in [1.54, 1.807) is 0 Å². The average molecular weight is 345 g/mol. The molecule has 0 saturated carbocycles. The highest BCUT2D eigenvalue weighted by atomic mass is 32.1. The first-order valence-electron chi connectivity index (χ1n) is 8.37. The van der Waals surface area contributed by atoms with Gasteiger partial charge in [-0.15, -0.1) is 11.3 Å². The molecule has 0 aliphatic heterocycles. The zero-order valence-electron chi connectivity index (χ0n) is 15.0. The second-order valence-corrected chi connectivity index (χ2v) is 7.17.